The first kappa shape index (κ1) is 23.5. The van der Waals surface area contributed by atoms with Crippen LogP contribution in [0.2, 0.25) is 0 Å². The zero-order valence-corrected chi connectivity index (χ0v) is 18.7. The van der Waals surface area contributed by atoms with E-state index in [2.05, 4.69) is 20.9 Å². The first-order chi connectivity index (χ1) is 14.2. The lowest BCUT2D eigenvalue weighted by molar-refractivity contribution is 0.0193. The molecule has 0 aliphatic carbocycles. The second-order valence-corrected chi connectivity index (χ2v) is 8.44. The molecule has 1 heterocycles. The molecular weight excluding hydrogens is 382 g/mol. The Kier molecular flexibility index (Phi) is 8.50. The number of hydrogen-bond acceptors (Lipinski definition) is 4. The van der Waals surface area contributed by atoms with Crippen LogP contribution in [0.3, 0.4) is 0 Å². The number of benzene rings is 1. The maximum atomic E-state index is 12.3. The Morgan fingerprint density at radius 2 is 2.07 bits per heavy atom. The van der Waals surface area contributed by atoms with Gasteiger partial charge in [0.25, 0.3) is 5.91 Å². The van der Waals surface area contributed by atoms with Crippen molar-refractivity contribution in [1.29, 1.82) is 0 Å². The fraction of sp³-hybridized carbons (Fsp3) is 0.591. The molecule has 8 nitrogen and oxygen atoms in total. The minimum Gasteiger partial charge on any atom is -0.444 e. The summed E-state index contributed by atoms with van der Waals surface area (Å²) < 4.78 is 5.49. The number of ether oxygens (including phenoxy) is 1. The third-order valence-corrected chi connectivity index (χ3v) is 4.76. The zero-order valence-electron chi connectivity index (χ0n) is 18.7. The Morgan fingerprint density at radius 3 is 2.73 bits per heavy atom. The Labute approximate surface area is 179 Å². The highest BCUT2D eigenvalue weighted by molar-refractivity contribution is 5.94. The van der Waals surface area contributed by atoms with Gasteiger partial charge in [-0.1, -0.05) is 12.1 Å². The summed E-state index contributed by atoms with van der Waals surface area (Å²) in [6.07, 6.45) is 2.38. The average Bonchev–Trinajstić information content (AvgIpc) is 2.71. The first-order valence-corrected chi connectivity index (χ1v) is 10.5. The van der Waals surface area contributed by atoms with Crippen LogP contribution in [0.5, 0.6) is 0 Å². The average molecular weight is 418 g/mol. The van der Waals surface area contributed by atoms with E-state index in [1.807, 2.05) is 39.0 Å². The summed E-state index contributed by atoms with van der Waals surface area (Å²) >= 11 is 0. The maximum absolute atomic E-state index is 12.3. The summed E-state index contributed by atoms with van der Waals surface area (Å²) in [5, 5.41) is 9.36. The first-order valence-electron chi connectivity index (χ1n) is 10.5. The Bertz CT molecular complexity index is 757. The minimum absolute atomic E-state index is 0.0888. The maximum Gasteiger partial charge on any atom is 0.410 e. The molecule has 166 valence electrons. The van der Waals surface area contributed by atoms with E-state index in [4.69, 9.17) is 4.74 Å². The van der Waals surface area contributed by atoms with Crippen molar-refractivity contribution in [3.63, 3.8) is 0 Å². The highest BCUT2D eigenvalue weighted by Crippen LogP contribution is 2.15. The van der Waals surface area contributed by atoms with Gasteiger partial charge in [-0.25, -0.2) is 4.79 Å². The molecular formula is C22H35N5O3. The number of amides is 2. The molecule has 30 heavy (non-hydrogen) atoms. The summed E-state index contributed by atoms with van der Waals surface area (Å²) in [6.45, 7) is 7.60. The van der Waals surface area contributed by atoms with Gasteiger partial charge in [0.15, 0.2) is 5.96 Å². The van der Waals surface area contributed by atoms with Gasteiger partial charge in [0, 0.05) is 45.3 Å². The van der Waals surface area contributed by atoms with Crippen LogP contribution < -0.4 is 16.0 Å². The molecule has 0 radical (unpaired) electrons. The van der Waals surface area contributed by atoms with Crippen molar-refractivity contribution < 1.29 is 14.3 Å². The number of nitrogens with one attached hydrogen (secondary N) is 3. The quantitative estimate of drug-likeness (QED) is 0.504. The van der Waals surface area contributed by atoms with Gasteiger partial charge < -0.3 is 25.6 Å². The van der Waals surface area contributed by atoms with E-state index in [9.17, 15) is 9.59 Å². The number of rotatable bonds is 5. The molecule has 0 aromatic heterocycles. The zero-order chi connectivity index (χ0) is 22.1. The van der Waals surface area contributed by atoms with Crippen molar-refractivity contribution in [2.24, 2.45) is 4.99 Å². The van der Waals surface area contributed by atoms with Gasteiger partial charge in [-0.15, -0.1) is 0 Å². The second kappa shape index (κ2) is 10.8. The number of carbonyl (C=O) groups is 2. The van der Waals surface area contributed by atoms with Crippen molar-refractivity contribution in [3.8, 4) is 0 Å². The van der Waals surface area contributed by atoms with Crippen LogP contribution >= 0.6 is 0 Å². The largest absolute Gasteiger partial charge is 0.444 e. The van der Waals surface area contributed by atoms with Crippen molar-refractivity contribution in [2.45, 2.75) is 51.7 Å². The topological polar surface area (TPSA) is 95.1 Å². The number of likely N-dealkylation sites (tertiary alicyclic amines) is 1. The Hall–Kier alpha value is -2.77. The highest BCUT2D eigenvalue weighted by Gasteiger charge is 2.28. The lowest BCUT2D eigenvalue weighted by atomic mass is 10.1. The van der Waals surface area contributed by atoms with E-state index in [0.29, 0.717) is 31.2 Å². The van der Waals surface area contributed by atoms with Crippen molar-refractivity contribution in [1.82, 2.24) is 20.9 Å². The molecule has 0 bridgehead atoms. The van der Waals surface area contributed by atoms with Crippen LogP contribution in [0.1, 0.15) is 49.5 Å². The predicted molar refractivity (Wildman–Crippen MR) is 119 cm³/mol. The predicted octanol–water partition coefficient (Wildman–Crippen LogP) is 2.15. The number of guanidine groups is 1. The lowest BCUT2D eigenvalue weighted by Crippen LogP contribution is -2.53. The second-order valence-electron chi connectivity index (χ2n) is 8.44. The van der Waals surface area contributed by atoms with Crippen LogP contribution in [0.15, 0.2) is 29.3 Å². The molecule has 1 atom stereocenters. The van der Waals surface area contributed by atoms with Crippen molar-refractivity contribution >= 4 is 18.0 Å². The smallest absolute Gasteiger partial charge is 0.410 e. The van der Waals surface area contributed by atoms with Crippen molar-refractivity contribution in [3.05, 3.63) is 35.4 Å². The molecule has 1 saturated heterocycles. The van der Waals surface area contributed by atoms with Crippen LogP contribution in [-0.2, 0) is 11.2 Å². The third kappa shape index (κ3) is 7.57. The fourth-order valence-electron chi connectivity index (χ4n) is 3.31. The summed E-state index contributed by atoms with van der Waals surface area (Å²) in [5.74, 6) is 0.614. The molecule has 1 unspecified atom stereocenters. The van der Waals surface area contributed by atoms with E-state index >= 15 is 0 Å². The number of hydrogen-bond donors (Lipinski definition) is 3. The van der Waals surface area contributed by atoms with E-state index in [0.717, 1.165) is 24.8 Å². The molecule has 1 aromatic rings. The Balaban J connectivity index is 1.83. The summed E-state index contributed by atoms with van der Waals surface area (Å²) in [6, 6.07) is 7.71. The van der Waals surface area contributed by atoms with Crippen LogP contribution in [0, 0.1) is 0 Å². The van der Waals surface area contributed by atoms with E-state index in [-0.39, 0.29) is 18.0 Å². The van der Waals surface area contributed by atoms with Gasteiger partial charge >= 0.3 is 6.09 Å². The molecule has 0 saturated carbocycles. The monoisotopic (exact) mass is 417 g/mol. The molecule has 1 aliphatic heterocycles. The van der Waals surface area contributed by atoms with E-state index < -0.39 is 5.60 Å². The van der Waals surface area contributed by atoms with E-state index in [1.165, 1.54) is 0 Å². The van der Waals surface area contributed by atoms with Gasteiger partial charge in [-0.3, -0.25) is 9.79 Å². The molecule has 8 heteroatoms. The number of piperidine rings is 1. The third-order valence-electron chi connectivity index (χ3n) is 4.76. The van der Waals surface area contributed by atoms with Gasteiger partial charge in [-0.2, -0.15) is 0 Å². The minimum atomic E-state index is -0.496. The molecule has 2 amide bonds. The molecule has 2 rings (SSSR count). The fourth-order valence-corrected chi connectivity index (χ4v) is 3.31. The van der Waals surface area contributed by atoms with E-state index in [1.54, 1.807) is 25.1 Å². The van der Waals surface area contributed by atoms with Crippen LogP contribution in [0.25, 0.3) is 0 Å². The lowest BCUT2D eigenvalue weighted by Gasteiger charge is -2.35. The Morgan fingerprint density at radius 1 is 1.30 bits per heavy atom. The number of nitrogens with zero attached hydrogens (tertiary/aromatic N) is 2. The molecule has 1 aliphatic rings. The van der Waals surface area contributed by atoms with Crippen molar-refractivity contribution in [2.75, 3.05) is 33.7 Å². The van der Waals surface area contributed by atoms with Gasteiger partial charge in [0.05, 0.1) is 0 Å². The normalized spacial score (nSPS) is 17.3. The number of aliphatic imine (C=N–C) groups is 1. The highest BCUT2D eigenvalue weighted by atomic mass is 16.6. The number of carbonyl (C=O) groups excluding carboxylic acids is 2. The molecule has 1 fully saturated rings. The summed E-state index contributed by atoms with van der Waals surface area (Å²) in [7, 11) is 3.36. The molecule has 3 N–H and O–H groups in total. The van der Waals surface area contributed by atoms with Gasteiger partial charge in [-0.05, 0) is 57.7 Å². The molecule has 0 spiro atoms. The summed E-state index contributed by atoms with van der Waals surface area (Å²) in [5.41, 5.74) is 1.24. The van der Waals surface area contributed by atoms with Crippen LogP contribution in [-0.4, -0.2) is 68.2 Å². The van der Waals surface area contributed by atoms with Gasteiger partial charge in [0.2, 0.25) is 0 Å². The van der Waals surface area contributed by atoms with Crippen LogP contribution in [0.4, 0.5) is 4.79 Å². The summed E-state index contributed by atoms with van der Waals surface area (Å²) in [4.78, 5) is 30.2. The standard InChI is InChI=1S/C22H35N5O3/c1-22(2,3)30-21(29)27-13-7-10-18(15-27)26-20(24-5)25-12-11-16-8-6-9-17(14-16)19(28)23-4/h6,8-9,14,18H,7,10-13,15H2,1-5H3,(H,23,28)(H2,24,25,26). The van der Waals surface area contributed by atoms with Gasteiger partial charge in [0.1, 0.15) is 5.60 Å². The SMILES string of the molecule is CN=C(NCCc1cccc(C(=O)NC)c1)NC1CCCN(C(=O)OC(C)(C)C)C1. The molecule has 1 aromatic carbocycles.